The number of ether oxygens (including phenoxy) is 2. The summed E-state index contributed by atoms with van der Waals surface area (Å²) < 4.78 is 11.1. The quantitative estimate of drug-likeness (QED) is 0.473. The van der Waals surface area contributed by atoms with Crippen LogP contribution in [0.1, 0.15) is 12.0 Å². The third-order valence-electron chi connectivity index (χ3n) is 2.41. The first-order chi connectivity index (χ1) is 8.86. The van der Waals surface area contributed by atoms with E-state index in [9.17, 15) is 4.91 Å². The van der Waals surface area contributed by atoms with Crippen LogP contribution in [0.5, 0.6) is 0 Å². The SMILES string of the molecule is C=CCO[C@H](CCN=O)COCc1ccccc1. The van der Waals surface area contributed by atoms with E-state index < -0.39 is 0 Å². The van der Waals surface area contributed by atoms with E-state index in [2.05, 4.69) is 11.8 Å². The lowest BCUT2D eigenvalue weighted by Crippen LogP contribution is -2.21. The second-order valence-corrected chi connectivity index (χ2v) is 3.89. The molecule has 1 aromatic carbocycles. The van der Waals surface area contributed by atoms with E-state index in [1.165, 1.54) is 0 Å². The van der Waals surface area contributed by atoms with Gasteiger partial charge >= 0.3 is 0 Å². The van der Waals surface area contributed by atoms with Crippen molar-refractivity contribution < 1.29 is 9.47 Å². The lowest BCUT2D eigenvalue weighted by molar-refractivity contribution is -0.0138. The molecule has 0 radical (unpaired) electrons. The van der Waals surface area contributed by atoms with Crippen molar-refractivity contribution >= 4 is 0 Å². The molecule has 0 spiro atoms. The Morgan fingerprint density at radius 3 is 2.78 bits per heavy atom. The Bertz CT molecular complexity index is 328. The third kappa shape index (κ3) is 6.27. The first-order valence-electron chi connectivity index (χ1n) is 6.00. The van der Waals surface area contributed by atoms with Crippen LogP contribution in [-0.2, 0) is 16.1 Å². The summed E-state index contributed by atoms with van der Waals surface area (Å²) >= 11 is 0. The van der Waals surface area contributed by atoms with Crippen molar-refractivity contribution in [2.24, 2.45) is 5.18 Å². The summed E-state index contributed by atoms with van der Waals surface area (Å²) in [4.78, 5) is 10.1. The Morgan fingerprint density at radius 2 is 2.11 bits per heavy atom. The minimum Gasteiger partial charge on any atom is -0.374 e. The van der Waals surface area contributed by atoms with E-state index in [0.29, 0.717) is 26.2 Å². The van der Waals surface area contributed by atoms with Crippen molar-refractivity contribution in [2.75, 3.05) is 19.8 Å². The van der Waals surface area contributed by atoms with Crippen LogP contribution in [0.4, 0.5) is 0 Å². The molecule has 0 aliphatic rings. The van der Waals surface area contributed by atoms with Crippen molar-refractivity contribution in [1.29, 1.82) is 0 Å². The molecular formula is C14H19NO3. The van der Waals surface area contributed by atoms with Gasteiger partial charge in [0.2, 0.25) is 0 Å². The lowest BCUT2D eigenvalue weighted by atomic mass is 10.2. The van der Waals surface area contributed by atoms with Gasteiger partial charge in [-0.05, 0) is 12.0 Å². The number of rotatable bonds is 10. The van der Waals surface area contributed by atoms with Gasteiger partial charge in [-0.2, -0.15) is 4.91 Å². The second kappa shape index (κ2) is 9.50. The van der Waals surface area contributed by atoms with Crippen molar-refractivity contribution in [3.63, 3.8) is 0 Å². The average Bonchev–Trinajstić information content (AvgIpc) is 2.42. The van der Waals surface area contributed by atoms with Crippen molar-refractivity contribution in [2.45, 2.75) is 19.1 Å². The summed E-state index contributed by atoms with van der Waals surface area (Å²) in [6.07, 6.45) is 2.15. The predicted octanol–water partition coefficient (Wildman–Crippen LogP) is 2.93. The molecule has 0 aromatic heterocycles. The first kappa shape index (κ1) is 14.5. The summed E-state index contributed by atoms with van der Waals surface area (Å²) in [5.41, 5.74) is 1.12. The van der Waals surface area contributed by atoms with Crippen molar-refractivity contribution in [3.8, 4) is 0 Å². The van der Waals surface area contributed by atoms with Gasteiger partial charge in [0, 0.05) is 0 Å². The summed E-state index contributed by atoms with van der Waals surface area (Å²) in [7, 11) is 0. The smallest absolute Gasteiger partial charge is 0.0836 e. The Labute approximate surface area is 108 Å². The fourth-order valence-corrected chi connectivity index (χ4v) is 1.50. The maximum Gasteiger partial charge on any atom is 0.0836 e. The van der Waals surface area contributed by atoms with Gasteiger partial charge in [0.05, 0.1) is 32.5 Å². The van der Waals surface area contributed by atoms with Gasteiger partial charge in [-0.15, -0.1) is 6.58 Å². The molecule has 0 fully saturated rings. The normalized spacial score (nSPS) is 12.0. The van der Waals surface area contributed by atoms with E-state index >= 15 is 0 Å². The van der Waals surface area contributed by atoms with Gasteiger partial charge in [-0.25, -0.2) is 0 Å². The molecule has 0 aliphatic heterocycles. The standard InChI is InChI=1S/C14H19NO3/c1-2-10-18-14(8-9-15-16)12-17-11-13-6-4-3-5-7-13/h2-7,14H,1,8-12H2/t14-/m1/s1. The molecule has 0 bridgehead atoms. The summed E-state index contributed by atoms with van der Waals surface area (Å²) in [6, 6.07) is 9.93. The summed E-state index contributed by atoms with van der Waals surface area (Å²) in [6.45, 7) is 5.29. The van der Waals surface area contributed by atoms with E-state index in [1.54, 1.807) is 6.08 Å². The van der Waals surface area contributed by atoms with Crippen LogP contribution in [0, 0.1) is 4.91 Å². The van der Waals surface area contributed by atoms with Gasteiger partial charge in [0.15, 0.2) is 0 Å². The van der Waals surface area contributed by atoms with Crippen molar-refractivity contribution in [1.82, 2.24) is 0 Å². The summed E-state index contributed by atoms with van der Waals surface area (Å²) in [5, 5.41) is 2.84. The molecule has 1 rings (SSSR count). The zero-order valence-corrected chi connectivity index (χ0v) is 10.5. The largest absolute Gasteiger partial charge is 0.374 e. The number of benzene rings is 1. The fraction of sp³-hybridized carbons (Fsp3) is 0.429. The molecule has 0 unspecified atom stereocenters. The van der Waals surface area contributed by atoms with Gasteiger partial charge in [0.1, 0.15) is 0 Å². The maximum atomic E-state index is 10.1. The van der Waals surface area contributed by atoms with E-state index in [1.807, 2.05) is 30.3 Å². The molecule has 0 saturated heterocycles. The number of hydrogen-bond donors (Lipinski definition) is 0. The predicted molar refractivity (Wildman–Crippen MR) is 71.3 cm³/mol. The van der Waals surface area contributed by atoms with Crippen LogP contribution >= 0.6 is 0 Å². The maximum absolute atomic E-state index is 10.1. The molecule has 0 heterocycles. The highest BCUT2D eigenvalue weighted by atomic mass is 16.5. The number of nitroso groups, excluding NO2 is 1. The zero-order chi connectivity index (χ0) is 13.1. The van der Waals surface area contributed by atoms with E-state index in [-0.39, 0.29) is 12.6 Å². The molecule has 0 N–H and O–H groups in total. The topological polar surface area (TPSA) is 47.9 Å². The molecule has 4 heteroatoms. The first-order valence-corrected chi connectivity index (χ1v) is 6.00. The molecular weight excluding hydrogens is 230 g/mol. The number of nitrogens with zero attached hydrogens (tertiary/aromatic N) is 1. The minimum atomic E-state index is -0.107. The molecule has 1 aromatic rings. The average molecular weight is 249 g/mol. The molecule has 18 heavy (non-hydrogen) atoms. The number of hydrogen-bond acceptors (Lipinski definition) is 4. The monoisotopic (exact) mass is 249 g/mol. The lowest BCUT2D eigenvalue weighted by Gasteiger charge is -2.15. The molecule has 98 valence electrons. The highest BCUT2D eigenvalue weighted by Gasteiger charge is 2.08. The van der Waals surface area contributed by atoms with Crippen molar-refractivity contribution in [3.05, 3.63) is 53.5 Å². The fourth-order valence-electron chi connectivity index (χ4n) is 1.50. The van der Waals surface area contributed by atoms with E-state index in [0.717, 1.165) is 5.56 Å². The molecule has 4 nitrogen and oxygen atoms in total. The molecule has 1 atom stereocenters. The second-order valence-electron chi connectivity index (χ2n) is 3.89. The van der Waals surface area contributed by atoms with Crippen LogP contribution in [0.3, 0.4) is 0 Å². The van der Waals surface area contributed by atoms with Crippen LogP contribution in [-0.4, -0.2) is 25.9 Å². The van der Waals surface area contributed by atoms with Crippen LogP contribution in [0.15, 0.2) is 48.2 Å². The van der Waals surface area contributed by atoms with Crippen LogP contribution in [0.2, 0.25) is 0 Å². The van der Waals surface area contributed by atoms with Crippen LogP contribution < -0.4 is 0 Å². The Balaban J connectivity index is 2.27. The highest BCUT2D eigenvalue weighted by Crippen LogP contribution is 2.05. The molecule has 0 amide bonds. The Kier molecular flexibility index (Phi) is 7.68. The van der Waals surface area contributed by atoms with Gasteiger partial charge in [0.25, 0.3) is 0 Å². The van der Waals surface area contributed by atoms with Gasteiger partial charge < -0.3 is 9.47 Å². The molecule has 0 saturated carbocycles. The molecule has 0 aliphatic carbocycles. The van der Waals surface area contributed by atoms with Gasteiger partial charge in [-0.3, -0.25) is 0 Å². The van der Waals surface area contributed by atoms with E-state index in [4.69, 9.17) is 9.47 Å². The Hall–Kier alpha value is -1.52. The van der Waals surface area contributed by atoms with Gasteiger partial charge in [-0.1, -0.05) is 41.6 Å². The van der Waals surface area contributed by atoms with Crippen LogP contribution in [0.25, 0.3) is 0 Å². The zero-order valence-electron chi connectivity index (χ0n) is 10.5. The third-order valence-corrected chi connectivity index (χ3v) is 2.41. The summed E-state index contributed by atoms with van der Waals surface area (Å²) in [5.74, 6) is 0. The Morgan fingerprint density at radius 1 is 1.33 bits per heavy atom. The minimum absolute atomic E-state index is 0.107. The highest BCUT2D eigenvalue weighted by molar-refractivity contribution is 5.13.